The maximum absolute atomic E-state index is 8.50. The summed E-state index contributed by atoms with van der Waals surface area (Å²) in [4.78, 5) is 3.60. The first-order valence-electron chi connectivity index (χ1n) is 2.85. The van der Waals surface area contributed by atoms with Crippen molar-refractivity contribution in [3.05, 3.63) is 27.5 Å². The van der Waals surface area contributed by atoms with Gasteiger partial charge >= 0.3 is 0 Å². The van der Waals surface area contributed by atoms with Gasteiger partial charge in [-0.25, -0.2) is 4.98 Å². The molecule has 0 saturated carbocycles. The molecule has 0 aliphatic heterocycles. The number of nitriles is 2. The van der Waals surface area contributed by atoms with Gasteiger partial charge in [0.05, 0.1) is 11.1 Å². The monoisotopic (exact) mass is 197 g/mol. The summed E-state index contributed by atoms with van der Waals surface area (Å²) >= 11 is 11.1. The molecule has 1 aromatic rings. The minimum Gasteiger partial charge on any atom is -0.222 e. The lowest BCUT2D eigenvalue weighted by Crippen LogP contribution is -1.87. The topological polar surface area (TPSA) is 60.5 Å². The van der Waals surface area contributed by atoms with E-state index in [2.05, 4.69) is 4.98 Å². The van der Waals surface area contributed by atoms with Crippen LogP contribution in [-0.2, 0) is 0 Å². The van der Waals surface area contributed by atoms with E-state index in [9.17, 15) is 0 Å². The quantitative estimate of drug-likeness (QED) is 0.599. The van der Waals surface area contributed by atoms with Gasteiger partial charge in [-0.05, 0) is 6.07 Å². The van der Waals surface area contributed by atoms with E-state index in [1.807, 2.05) is 0 Å². The van der Waals surface area contributed by atoms with Crippen LogP contribution < -0.4 is 0 Å². The summed E-state index contributed by atoms with van der Waals surface area (Å²) < 4.78 is 0. The smallest absolute Gasteiger partial charge is 0.148 e. The molecule has 0 amide bonds. The van der Waals surface area contributed by atoms with Gasteiger partial charge in [0.2, 0.25) is 0 Å². The third kappa shape index (κ3) is 1.48. The van der Waals surface area contributed by atoms with Crippen LogP contribution in [0.5, 0.6) is 0 Å². The van der Waals surface area contributed by atoms with Crippen molar-refractivity contribution in [3.63, 3.8) is 0 Å². The lowest BCUT2D eigenvalue weighted by atomic mass is 10.2. The third-order valence-corrected chi connectivity index (χ3v) is 1.75. The van der Waals surface area contributed by atoms with Crippen molar-refractivity contribution in [2.75, 3.05) is 0 Å². The van der Waals surface area contributed by atoms with Gasteiger partial charge in [-0.1, -0.05) is 23.2 Å². The fourth-order valence-electron chi connectivity index (χ4n) is 0.627. The molecule has 3 nitrogen and oxygen atoms in total. The Kier molecular flexibility index (Phi) is 2.50. The molecule has 0 fully saturated rings. The van der Waals surface area contributed by atoms with Crippen molar-refractivity contribution >= 4 is 23.2 Å². The predicted molar refractivity (Wildman–Crippen MR) is 43.7 cm³/mol. The molecule has 1 aromatic heterocycles. The first-order valence-corrected chi connectivity index (χ1v) is 3.61. The molecule has 5 heteroatoms. The summed E-state index contributed by atoms with van der Waals surface area (Å²) in [5.74, 6) is 0. The maximum atomic E-state index is 8.50. The van der Waals surface area contributed by atoms with Crippen LogP contribution in [0.1, 0.15) is 11.1 Å². The molecule has 0 aliphatic carbocycles. The highest BCUT2D eigenvalue weighted by Crippen LogP contribution is 2.19. The summed E-state index contributed by atoms with van der Waals surface area (Å²) in [5.41, 5.74) is 0.301. The van der Waals surface area contributed by atoms with Gasteiger partial charge in [-0.2, -0.15) is 10.5 Å². The normalized spacial score (nSPS) is 8.67. The summed E-state index contributed by atoms with van der Waals surface area (Å²) in [7, 11) is 0. The van der Waals surface area contributed by atoms with Crippen molar-refractivity contribution in [3.8, 4) is 12.1 Å². The molecular weight excluding hydrogens is 197 g/mol. The van der Waals surface area contributed by atoms with E-state index >= 15 is 0 Å². The van der Waals surface area contributed by atoms with E-state index in [0.29, 0.717) is 0 Å². The number of aromatic nitrogens is 1. The Hall–Kier alpha value is -1.29. The number of hydrogen-bond acceptors (Lipinski definition) is 3. The standard InChI is InChI=1S/C7HCl2N3/c8-6-4(2-10)1-5(3-11)7(9)12-6/h1H. The highest BCUT2D eigenvalue weighted by atomic mass is 35.5. The second kappa shape index (κ2) is 3.40. The van der Waals surface area contributed by atoms with E-state index in [1.54, 1.807) is 12.1 Å². The van der Waals surface area contributed by atoms with E-state index in [1.165, 1.54) is 6.07 Å². The van der Waals surface area contributed by atoms with Crippen LogP contribution in [0.4, 0.5) is 0 Å². The predicted octanol–water partition coefficient (Wildman–Crippen LogP) is 2.13. The lowest BCUT2D eigenvalue weighted by molar-refractivity contribution is 1.28. The van der Waals surface area contributed by atoms with E-state index < -0.39 is 0 Å². The van der Waals surface area contributed by atoms with Gasteiger partial charge in [0.1, 0.15) is 22.4 Å². The second-order valence-electron chi connectivity index (χ2n) is 1.89. The van der Waals surface area contributed by atoms with Crippen LogP contribution in [0.25, 0.3) is 0 Å². The first kappa shape index (κ1) is 8.80. The van der Waals surface area contributed by atoms with Crippen molar-refractivity contribution in [1.82, 2.24) is 4.98 Å². The molecule has 1 rings (SSSR count). The molecule has 0 aromatic carbocycles. The fourth-order valence-corrected chi connectivity index (χ4v) is 1.03. The zero-order valence-corrected chi connectivity index (χ0v) is 7.19. The Morgan fingerprint density at radius 1 is 1.08 bits per heavy atom. The van der Waals surface area contributed by atoms with Crippen LogP contribution in [0.15, 0.2) is 6.07 Å². The molecule has 0 radical (unpaired) electrons. The highest BCUT2D eigenvalue weighted by molar-refractivity contribution is 6.33. The fraction of sp³-hybridized carbons (Fsp3) is 0. The van der Waals surface area contributed by atoms with Gasteiger partial charge in [-0.15, -0.1) is 0 Å². The summed E-state index contributed by atoms with van der Waals surface area (Å²) in [6.07, 6.45) is 0. The zero-order valence-electron chi connectivity index (χ0n) is 5.67. The number of nitrogens with zero attached hydrogens (tertiary/aromatic N) is 3. The molecule has 0 saturated heterocycles. The number of rotatable bonds is 0. The van der Waals surface area contributed by atoms with Crippen molar-refractivity contribution in [1.29, 1.82) is 10.5 Å². The molecular formula is C7HCl2N3. The average molecular weight is 198 g/mol. The van der Waals surface area contributed by atoms with Gasteiger partial charge in [0, 0.05) is 0 Å². The van der Waals surface area contributed by atoms with Gasteiger partial charge in [0.25, 0.3) is 0 Å². The van der Waals surface area contributed by atoms with E-state index in [0.717, 1.165) is 0 Å². The maximum Gasteiger partial charge on any atom is 0.148 e. The van der Waals surface area contributed by atoms with Crippen molar-refractivity contribution < 1.29 is 0 Å². The van der Waals surface area contributed by atoms with Gasteiger partial charge in [-0.3, -0.25) is 0 Å². The molecule has 0 aliphatic rings. The van der Waals surface area contributed by atoms with Crippen LogP contribution in [0.3, 0.4) is 0 Å². The molecule has 1 heterocycles. The number of hydrogen-bond donors (Lipinski definition) is 0. The summed E-state index contributed by atoms with van der Waals surface area (Å²) in [6, 6.07) is 4.89. The van der Waals surface area contributed by atoms with Crippen LogP contribution >= 0.6 is 23.2 Å². The number of pyridine rings is 1. The molecule has 0 N–H and O–H groups in total. The Morgan fingerprint density at radius 3 is 1.83 bits per heavy atom. The SMILES string of the molecule is N#Cc1cc(C#N)c(Cl)nc1Cl. The molecule has 0 unspecified atom stereocenters. The second-order valence-corrected chi connectivity index (χ2v) is 2.60. The minimum absolute atomic E-state index is 0.0153. The average Bonchev–Trinajstić information content (AvgIpc) is 2.05. The largest absolute Gasteiger partial charge is 0.222 e. The molecule has 58 valence electrons. The Morgan fingerprint density at radius 2 is 1.50 bits per heavy atom. The van der Waals surface area contributed by atoms with E-state index in [4.69, 9.17) is 33.7 Å². The summed E-state index contributed by atoms with van der Waals surface area (Å²) in [5, 5.41) is 17.0. The number of halogens is 2. The Balaban J connectivity index is 3.42. The van der Waals surface area contributed by atoms with Crippen LogP contribution in [0, 0.1) is 22.7 Å². The minimum atomic E-state index is 0.0153. The highest BCUT2D eigenvalue weighted by Gasteiger charge is 2.07. The summed E-state index contributed by atoms with van der Waals surface area (Å²) in [6.45, 7) is 0. The van der Waals surface area contributed by atoms with Crippen molar-refractivity contribution in [2.45, 2.75) is 0 Å². The zero-order chi connectivity index (χ0) is 9.14. The lowest BCUT2D eigenvalue weighted by Gasteiger charge is -1.96. The van der Waals surface area contributed by atoms with Crippen molar-refractivity contribution in [2.24, 2.45) is 0 Å². The molecule has 0 atom stereocenters. The molecule has 12 heavy (non-hydrogen) atoms. The third-order valence-electron chi connectivity index (χ3n) is 1.17. The Labute approximate surface area is 78.8 Å². The van der Waals surface area contributed by atoms with E-state index in [-0.39, 0.29) is 21.4 Å². The first-order chi connectivity index (χ1) is 5.69. The van der Waals surface area contributed by atoms with Crippen LogP contribution in [-0.4, -0.2) is 4.98 Å². The Bertz CT molecular complexity index is 365. The van der Waals surface area contributed by atoms with Crippen LogP contribution in [0.2, 0.25) is 10.3 Å². The molecule has 0 bridgehead atoms. The van der Waals surface area contributed by atoms with Gasteiger partial charge in [0.15, 0.2) is 0 Å². The van der Waals surface area contributed by atoms with Gasteiger partial charge < -0.3 is 0 Å². The molecule has 0 spiro atoms.